The van der Waals surface area contributed by atoms with E-state index < -0.39 is 0 Å². The van der Waals surface area contributed by atoms with Gasteiger partial charge < -0.3 is 10.6 Å². The second-order valence-electron chi connectivity index (χ2n) is 4.40. The van der Waals surface area contributed by atoms with Crippen LogP contribution in [-0.4, -0.2) is 12.5 Å². The van der Waals surface area contributed by atoms with Gasteiger partial charge >= 0.3 is 0 Å². The minimum atomic E-state index is -0.370. The van der Waals surface area contributed by atoms with Crippen LogP contribution in [0.25, 0.3) is 0 Å². The molecule has 0 saturated heterocycles. The lowest BCUT2D eigenvalue weighted by atomic mass is 10.2. The number of anilines is 2. The van der Waals surface area contributed by atoms with Crippen molar-refractivity contribution in [3.63, 3.8) is 0 Å². The van der Waals surface area contributed by atoms with Gasteiger partial charge in [-0.3, -0.25) is 4.79 Å². The second kappa shape index (κ2) is 6.52. The molecule has 0 fully saturated rings. The molecule has 3 nitrogen and oxygen atoms in total. The van der Waals surface area contributed by atoms with E-state index in [2.05, 4.69) is 26.6 Å². The van der Waals surface area contributed by atoms with Crippen LogP contribution >= 0.6 is 15.9 Å². The number of hydrogen-bond donors (Lipinski definition) is 2. The molecule has 0 aliphatic rings. The van der Waals surface area contributed by atoms with Crippen LogP contribution in [0.1, 0.15) is 5.56 Å². The van der Waals surface area contributed by atoms with Gasteiger partial charge in [-0.25, -0.2) is 4.39 Å². The highest BCUT2D eigenvalue weighted by Crippen LogP contribution is 2.17. The molecule has 1 amide bonds. The maximum atomic E-state index is 13.5. The van der Waals surface area contributed by atoms with Crippen molar-refractivity contribution in [3.8, 4) is 0 Å². The number of benzene rings is 2. The average Bonchev–Trinajstić information content (AvgIpc) is 2.40. The van der Waals surface area contributed by atoms with Gasteiger partial charge in [-0.15, -0.1) is 0 Å². The number of carbonyl (C=O) groups excluding carboxylic acids is 1. The van der Waals surface area contributed by atoms with Crippen LogP contribution in [-0.2, 0) is 4.79 Å². The highest BCUT2D eigenvalue weighted by molar-refractivity contribution is 9.10. The summed E-state index contributed by atoms with van der Waals surface area (Å²) >= 11 is 3.33. The number of rotatable bonds is 4. The molecular weight excluding hydrogens is 323 g/mol. The van der Waals surface area contributed by atoms with E-state index in [1.54, 1.807) is 24.3 Å². The van der Waals surface area contributed by atoms with E-state index in [-0.39, 0.29) is 18.3 Å². The van der Waals surface area contributed by atoms with Gasteiger partial charge in [0.15, 0.2) is 0 Å². The third-order valence-corrected chi connectivity index (χ3v) is 3.16. The molecule has 0 aliphatic heterocycles. The molecule has 0 atom stereocenters. The van der Waals surface area contributed by atoms with Crippen LogP contribution in [0, 0.1) is 12.7 Å². The first-order valence-electron chi connectivity index (χ1n) is 6.10. The Morgan fingerprint density at radius 2 is 2.05 bits per heavy atom. The van der Waals surface area contributed by atoms with Gasteiger partial charge in [0, 0.05) is 10.2 Å². The van der Waals surface area contributed by atoms with E-state index >= 15 is 0 Å². The Balaban J connectivity index is 1.94. The molecule has 0 bridgehead atoms. The Morgan fingerprint density at radius 3 is 2.80 bits per heavy atom. The predicted molar refractivity (Wildman–Crippen MR) is 82.4 cm³/mol. The summed E-state index contributed by atoms with van der Waals surface area (Å²) in [6, 6.07) is 12.0. The number of nitrogens with one attached hydrogen (secondary N) is 2. The first kappa shape index (κ1) is 14.5. The van der Waals surface area contributed by atoms with Gasteiger partial charge in [0.05, 0.1) is 12.2 Å². The third kappa shape index (κ3) is 4.06. The van der Waals surface area contributed by atoms with Gasteiger partial charge in [0.2, 0.25) is 5.91 Å². The molecule has 104 valence electrons. The van der Waals surface area contributed by atoms with Crippen LogP contribution < -0.4 is 10.6 Å². The van der Waals surface area contributed by atoms with Crippen molar-refractivity contribution in [1.29, 1.82) is 0 Å². The number of carbonyl (C=O) groups is 1. The van der Waals surface area contributed by atoms with E-state index in [1.807, 2.05) is 19.1 Å². The number of hydrogen-bond acceptors (Lipinski definition) is 2. The molecule has 20 heavy (non-hydrogen) atoms. The monoisotopic (exact) mass is 336 g/mol. The van der Waals surface area contributed by atoms with Crippen molar-refractivity contribution in [1.82, 2.24) is 0 Å². The first-order chi connectivity index (χ1) is 9.54. The molecule has 0 spiro atoms. The van der Waals surface area contributed by atoms with Crippen molar-refractivity contribution in [3.05, 3.63) is 58.3 Å². The fraction of sp³-hybridized carbons (Fsp3) is 0.133. The van der Waals surface area contributed by atoms with Crippen LogP contribution in [0.5, 0.6) is 0 Å². The Hall–Kier alpha value is -1.88. The topological polar surface area (TPSA) is 41.1 Å². The van der Waals surface area contributed by atoms with Crippen molar-refractivity contribution >= 4 is 33.2 Å². The largest absolute Gasteiger partial charge is 0.374 e. The summed E-state index contributed by atoms with van der Waals surface area (Å²) in [6.45, 7) is 1.87. The molecule has 0 heterocycles. The maximum absolute atomic E-state index is 13.5. The van der Waals surface area contributed by atoms with Crippen molar-refractivity contribution in [2.75, 3.05) is 17.2 Å². The molecule has 0 unspecified atom stereocenters. The lowest BCUT2D eigenvalue weighted by molar-refractivity contribution is -0.114. The molecule has 0 aromatic heterocycles. The minimum absolute atomic E-state index is 0.00683. The van der Waals surface area contributed by atoms with E-state index in [4.69, 9.17) is 0 Å². The molecule has 2 aromatic rings. The normalized spacial score (nSPS) is 10.2. The molecule has 0 aliphatic carbocycles. The first-order valence-corrected chi connectivity index (χ1v) is 6.89. The van der Waals surface area contributed by atoms with Gasteiger partial charge in [-0.2, -0.15) is 0 Å². The zero-order chi connectivity index (χ0) is 14.5. The molecule has 2 N–H and O–H groups in total. The standard InChI is InChI=1S/C15H14BrFN2O/c1-10-5-6-13(17)14(7-10)18-9-15(20)19-12-4-2-3-11(16)8-12/h2-8,18H,9H2,1H3,(H,19,20). The van der Waals surface area contributed by atoms with E-state index in [1.165, 1.54) is 6.07 Å². The quantitative estimate of drug-likeness (QED) is 0.887. The molecule has 0 radical (unpaired) electrons. The van der Waals surface area contributed by atoms with Gasteiger partial charge in [0.1, 0.15) is 5.82 Å². The Morgan fingerprint density at radius 1 is 1.25 bits per heavy atom. The molecule has 0 saturated carbocycles. The zero-order valence-electron chi connectivity index (χ0n) is 10.9. The van der Waals surface area contributed by atoms with Gasteiger partial charge in [0.25, 0.3) is 0 Å². The summed E-state index contributed by atoms with van der Waals surface area (Å²) in [5.41, 5.74) is 1.95. The van der Waals surface area contributed by atoms with Crippen LogP contribution in [0.3, 0.4) is 0 Å². The van der Waals surface area contributed by atoms with Gasteiger partial charge in [-0.05, 0) is 42.8 Å². The van der Waals surface area contributed by atoms with Crippen molar-refractivity contribution < 1.29 is 9.18 Å². The summed E-state index contributed by atoms with van der Waals surface area (Å²) in [6.07, 6.45) is 0. The Bertz CT molecular complexity index is 631. The van der Waals surface area contributed by atoms with Crippen LogP contribution in [0.4, 0.5) is 15.8 Å². The van der Waals surface area contributed by atoms with Crippen LogP contribution in [0.2, 0.25) is 0 Å². The van der Waals surface area contributed by atoms with Crippen molar-refractivity contribution in [2.45, 2.75) is 6.92 Å². The summed E-state index contributed by atoms with van der Waals surface area (Å²) in [4.78, 5) is 11.8. The lowest BCUT2D eigenvalue weighted by Crippen LogP contribution is -2.22. The minimum Gasteiger partial charge on any atom is -0.374 e. The molecular formula is C15H14BrFN2O. The SMILES string of the molecule is Cc1ccc(F)c(NCC(=O)Nc2cccc(Br)c2)c1. The van der Waals surface area contributed by atoms with Gasteiger partial charge in [-0.1, -0.05) is 28.1 Å². The lowest BCUT2D eigenvalue weighted by Gasteiger charge is -2.09. The average molecular weight is 337 g/mol. The predicted octanol–water partition coefficient (Wildman–Crippen LogP) is 3.95. The van der Waals surface area contributed by atoms with Crippen LogP contribution in [0.15, 0.2) is 46.9 Å². The summed E-state index contributed by atoms with van der Waals surface area (Å²) in [7, 11) is 0. The van der Waals surface area contributed by atoms with E-state index in [9.17, 15) is 9.18 Å². The fourth-order valence-corrected chi connectivity index (χ4v) is 2.12. The fourth-order valence-electron chi connectivity index (χ4n) is 1.72. The number of aryl methyl sites for hydroxylation is 1. The highest BCUT2D eigenvalue weighted by Gasteiger charge is 2.06. The maximum Gasteiger partial charge on any atom is 0.243 e. The zero-order valence-corrected chi connectivity index (χ0v) is 12.5. The van der Waals surface area contributed by atoms with Crippen molar-refractivity contribution in [2.24, 2.45) is 0 Å². The molecule has 2 aromatic carbocycles. The molecule has 2 rings (SSSR count). The third-order valence-electron chi connectivity index (χ3n) is 2.67. The number of halogens is 2. The molecule has 5 heteroatoms. The highest BCUT2D eigenvalue weighted by atomic mass is 79.9. The summed E-state index contributed by atoms with van der Waals surface area (Å²) in [5.74, 6) is -0.602. The Labute approximate surface area is 125 Å². The summed E-state index contributed by atoms with van der Waals surface area (Å²) < 4.78 is 14.4. The summed E-state index contributed by atoms with van der Waals surface area (Å²) in [5, 5.41) is 5.52. The second-order valence-corrected chi connectivity index (χ2v) is 5.31. The smallest absolute Gasteiger partial charge is 0.243 e. The Kier molecular flexibility index (Phi) is 4.74. The van der Waals surface area contributed by atoms with E-state index in [0.29, 0.717) is 11.4 Å². The number of amides is 1. The van der Waals surface area contributed by atoms with E-state index in [0.717, 1.165) is 10.0 Å².